The average molecular weight is 357 g/mol. The molecule has 4 rings (SSSR count). The van der Waals surface area contributed by atoms with E-state index in [0.717, 1.165) is 54.3 Å². The average Bonchev–Trinajstić information content (AvgIpc) is 3.07. The number of nitrogens with zero attached hydrogens (tertiary/aromatic N) is 3. The van der Waals surface area contributed by atoms with Crippen molar-refractivity contribution in [3.05, 3.63) is 35.4 Å². The molecule has 0 radical (unpaired) electrons. The van der Waals surface area contributed by atoms with Gasteiger partial charge in [0.25, 0.3) is 0 Å². The molecule has 8 heteroatoms. The molecule has 2 N–H and O–H groups in total. The molecule has 0 saturated carbocycles. The Morgan fingerprint density at radius 1 is 1.32 bits per heavy atom. The van der Waals surface area contributed by atoms with Crippen LogP contribution >= 0.6 is 12.2 Å². The number of benzene rings is 1. The van der Waals surface area contributed by atoms with Crippen LogP contribution in [-0.2, 0) is 4.74 Å². The van der Waals surface area contributed by atoms with Gasteiger partial charge < -0.3 is 19.8 Å². The summed E-state index contributed by atoms with van der Waals surface area (Å²) in [4.78, 5) is 12.1. The summed E-state index contributed by atoms with van der Waals surface area (Å²) >= 11 is 5.30. The maximum atomic E-state index is 5.86. The molecule has 1 saturated heterocycles. The zero-order chi connectivity index (χ0) is 17.2. The molecule has 7 nitrogen and oxygen atoms in total. The Kier molecular flexibility index (Phi) is 4.37. The predicted octanol–water partition coefficient (Wildman–Crippen LogP) is 3.94. The number of ether oxygens (including phenoxy) is 2. The van der Waals surface area contributed by atoms with Crippen LogP contribution in [0, 0.1) is 4.77 Å². The fraction of sp³-hybridized carbons (Fsp3) is 0.353. The van der Waals surface area contributed by atoms with Crippen LogP contribution in [0.15, 0.2) is 30.6 Å². The van der Waals surface area contributed by atoms with E-state index in [1.165, 1.54) is 0 Å². The molecule has 1 aromatic carbocycles. The minimum absolute atomic E-state index is 0.0307. The van der Waals surface area contributed by atoms with Crippen molar-refractivity contribution in [2.75, 3.05) is 19.0 Å². The Balaban J connectivity index is 1.71. The lowest BCUT2D eigenvalue weighted by atomic mass is 10.2. The van der Waals surface area contributed by atoms with Gasteiger partial charge in [0.1, 0.15) is 23.3 Å². The highest BCUT2D eigenvalue weighted by molar-refractivity contribution is 7.71. The minimum atomic E-state index is -0.0307. The molecule has 0 bridgehead atoms. The molecular formula is C17H19N5O2S. The number of fused-ring (bicyclic) bond motifs is 1. The SMILES string of the molecule is COc1ccc(Nc2[nH]c(=S)nc3c2ncn3C2CCCCO2)cc1. The topological polar surface area (TPSA) is 77.0 Å². The van der Waals surface area contributed by atoms with E-state index in [9.17, 15) is 0 Å². The maximum Gasteiger partial charge on any atom is 0.200 e. The van der Waals surface area contributed by atoms with Crippen LogP contribution in [0.25, 0.3) is 11.2 Å². The van der Waals surface area contributed by atoms with Gasteiger partial charge in [0.05, 0.1) is 13.4 Å². The first-order valence-corrected chi connectivity index (χ1v) is 8.65. The van der Waals surface area contributed by atoms with Crippen molar-refractivity contribution in [3.63, 3.8) is 0 Å². The standard InChI is InChI=1S/C17H19N5O2S/c1-23-12-7-5-11(6-8-12)19-15-14-16(21-17(25)20-15)22(10-18-14)13-4-2-3-9-24-13/h5-8,10,13H,2-4,9H2,1H3,(H2,19,20,21,25). The van der Waals surface area contributed by atoms with E-state index >= 15 is 0 Å². The zero-order valence-corrected chi connectivity index (χ0v) is 14.7. The second kappa shape index (κ2) is 6.81. The van der Waals surface area contributed by atoms with Gasteiger partial charge in [-0.25, -0.2) is 4.98 Å². The Hall–Kier alpha value is -2.45. The number of anilines is 2. The van der Waals surface area contributed by atoms with Gasteiger partial charge in [-0.3, -0.25) is 4.57 Å². The molecule has 130 valence electrons. The number of H-pyrrole nitrogens is 1. The summed E-state index contributed by atoms with van der Waals surface area (Å²) in [6.07, 6.45) is 4.94. The first-order chi connectivity index (χ1) is 12.2. The number of rotatable bonds is 4. The minimum Gasteiger partial charge on any atom is -0.497 e. The van der Waals surface area contributed by atoms with Crippen LogP contribution < -0.4 is 10.1 Å². The van der Waals surface area contributed by atoms with Crippen molar-refractivity contribution in [2.24, 2.45) is 0 Å². The number of hydrogen-bond donors (Lipinski definition) is 2. The maximum absolute atomic E-state index is 5.86. The van der Waals surface area contributed by atoms with E-state index in [4.69, 9.17) is 21.7 Å². The molecule has 2 aromatic heterocycles. The smallest absolute Gasteiger partial charge is 0.200 e. The number of nitrogens with one attached hydrogen (secondary N) is 2. The first kappa shape index (κ1) is 16.0. The molecule has 0 spiro atoms. The summed E-state index contributed by atoms with van der Waals surface area (Å²) in [7, 11) is 1.64. The normalized spacial score (nSPS) is 17.6. The Morgan fingerprint density at radius 2 is 2.16 bits per heavy atom. The van der Waals surface area contributed by atoms with E-state index in [-0.39, 0.29) is 6.23 Å². The van der Waals surface area contributed by atoms with Crippen LogP contribution in [0.5, 0.6) is 5.75 Å². The molecule has 3 heterocycles. The number of methoxy groups -OCH3 is 1. The van der Waals surface area contributed by atoms with Crippen molar-refractivity contribution in [3.8, 4) is 5.75 Å². The first-order valence-electron chi connectivity index (χ1n) is 8.24. The Labute approximate surface area is 150 Å². The fourth-order valence-electron chi connectivity index (χ4n) is 2.99. The number of hydrogen-bond acceptors (Lipinski definition) is 6. The summed E-state index contributed by atoms with van der Waals surface area (Å²) in [6.45, 7) is 0.765. The van der Waals surface area contributed by atoms with Crippen LogP contribution in [-0.4, -0.2) is 33.2 Å². The van der Waals surface area contributed by atoms with Crippen molar-refractivity contribution < 1.29 is 9.47 Å². The van der Waals surface area contributed by atoms with Gasteiger partial charge in [0, 0.05) is 12.3 Å². The molecule has 3 aromatic rings. The Bertz CT molecular complexity index is 928. The lowest BCUT2D eigenvalue weighted by Crippen LogP contribution is -2.17. The second-order valence-electron chi connectivity index (χ2n) is 5.92. The third kappa shape index (κ3) is 3.22. The predicted molar refractivity (Wildman–Crippen MR) is 97.8 cm³/mol. The summed E-state index contributed by atoms with van der Waals surface area (Å²) < 4.78 is 13.4. The molecule has 0 amide bonds. The van der Waals surface area contributed by atoms with Gasteiger partial charge in [-0.15, -0.1) is 0 Å². The largest absolute Gasteiger partial charge is 0.497 e. The summed E-state index contributed by atoms with van der Waals surface area (Å²) in [6, 6.07) is 7.65. The number of imidazole rings is 1. The summed E-state index contributed by atoms with van der Waals surface area (Å²) in [5.74, 6) is 1.52. The highest BCUT2D eigenvalue weighted by Crippen LogP contribution is 2.29. The van der Waals surface area contributed by atoms with Crippen LogP contribution in [0.3, 0.4) is 0 Å². The zero-order valence-electron chi connectivity index (χ0n) is 13.9. The highest BCUT2D eigenvalue weighted by Gasteiger charge is 2.20. The van der Waals surface area contributed by atoms with Gasteiger partial charge >= 0.3 is 0 Å². The summed E-state index contributed by atoms with van der Waals surface area (Å²) in [5.41, 5.74) is 2.37. The molecule has 1 fully saturated rings. The molecule has 1 aliphatic rings. The molecule has 1 atom stereocenters. The second-order valence-corrected chi connectivity index (χ2v) is 6.30. The van der Waals surface area contributed by atoms with E-state index in [1.54, 1.807) is 13.4 Å². The van der Waals surface area contributed by atoms with E-state index in [0.29, 0.717) is 4.77 Å². The summed E-state index contributed by atoms with van der Waals surface area (Å²) in [5, 5.41) is 3.32. The van der Waals surface area contributed by atoms with Crippen LogP contribution in [0.1, 0.15) is 25.5 Å². The highest BCUT2D eigenvalue weighted by atomic mass is 32.1. The van der Waals surface area contributed by atoms with Gasteiger partial charge in [0.2, 0.25) is 0 Å². The third-order valence-corrected chi connectivity index (χ3v) is 4.46. The molecular weight excluding hydrogens is 338 g/mol. The van der Waals surface area contributed by atoms with E-state index in [2.05, 4.69) is 20.3 Å². The van der Waals surface area contributed by atoms with Gasteiger partial charge in [-0.2, -0.15) is 4.98 Å². The van der Waals surface area contributed by atoms with Crippen molar-refractivity contribution in [2.45, 2.75) is 25.5 Å². The van der Waals surface area contributed by atoms with Crippen molar-refractivity contribution in [1.82, 2.24) is 19.5 Å². The fourth-order valence-corrected chi connectivity index (χ4v) is 3.18. The van der Waals surface area contributed by atoms with Gasteiger partial charge in [0.15, 0.2) is 10.4 Å². The lowest BCUT2D eigenvalue weighted by Gasteiger charge is -2.23. The van der Waals surface area contributed by atoms with Crippen LogP contribution in [0.2, 0.25) is 0 Å². The van der Waals surface area contributed by atoms with Crippen LogP contribution in [0.4, 0.5) is 11.5 Å². The molecule has 1 unspecified atom stereocenters. The van der Waals surface area contributed by atoms with Gasteiger partial charge in [-0.05, 0) is 55.7 Å². The van der Waals surface area contributed by atoms with E-state index in [1.807, 2.05) is 28.8 Å². The third-order valence-electron chi connectivity index (χ3n) is 4.27. The quantitative estimate of drug-likeness (QED) is 0.689. The monoisotopic (exact) mass is 357 g/mol. The number of aromatic nitrogens is 4. The van der Waals surface area contributed by atoms with Crippen molar-refractivity contribution in [1.29, 1.82) is 0 Å². The van der Waals surface area contributed by atoms with Crippen molar-refractivity contribution >= 4 is 34.9 Å². The van der Waals surface area contributed by atoms with Gasteiger partial charge in [-0.1, -0.05) is 0 Å². The number of aromatic amines is 1. The molecule has 0 aliphatic carbocycles. The molecule has 25 heavy (non-hydrogen) atoms. The van der Waals surface area contributed by atoms with E-state index < -0.39 is 0 Å². The Morgan fingerprint density at radius 3 is 2.88 bits per heavy atom. The lowest BCUT2D eigenvalue weighted by molar-refractivity contribution is -0.0298. The molecule has 1 aliphatic heterocycles.